The maximum absolute atomic E-state index is 12.4. The van der Waals surface area contributed by atoms with Crippen LogP contribution >= 0.6 is 0 Å². The molecular weight excluding hydrogens is 262 g/mol. The van der Waals surface area contributed by atoms with E-state index in [1.807, 2.05) is 18.3 Å². The van der Waals surface area contributed by atoms with Gasteiger partial charge < -0.3 is 5.32 Å². The SMILES string of the molecule is O=C1NCCCCCN(Cc2ccccn2)C2CCCC12. The molecule has 1 aromatic rings. The van der Waals surface area contributed by atoms with E-state index in [4.69, 9.17) is 0 Å². The third kappa shape index (κ3) is 3.62. The van der Waals surface area contributed by atoms with E-state index in [0.29, 0.717) is 6.04 Å². The van der Waals surface area contributed by atoms with Gasteiger partial charge in [-0.1, -0.05) is 18.9 Å². The normalized spacial score (nSPS) is 27.9. The number of aromatic nitrogens is 1. The quantitative estimate of drug-likeness (QED) is 0.908. The highest BCUT2D eigenvalue weighted by molar-refractivity contribution is 5.79. The molecule has 0 aromatic carbocycles. The second-order valence-electron chi connectivity index (χ2n) is 6.25. The Hall–Kier alpha value is -1.42. The van der Waals surface area contributed by atoms with Crippen LogP contribution in [-0.2, 0) is 11.3 Å². The van der Waals surface area contributed by atoms with Gasteiger partial charge >= 0.3 is 0 Å². The molecule has 4 nitrogen and oxygen atoms in total. The fraction of sp³-hybridized carbons (Fsp3) is 0.647. The minimum absolute atomic E-state index is 0.173. The van der Waals surface area contributed by atoms with E-state index >= 15 is 0 Å². The molecule has 1 saturated heterocycles. The molecule has 3 rings (SSSR count). The van der Waals surface area contributed by atoms with E-state index < -0.39 is 0 Å². The number of amides is 1. The lowest BCUT2D eigenvalue weighted by molar-refractivity contribution is -0.126. The summed E-state index contributed by atoms with van der Waals surface area (Å²) in [4.78, 5) is 19.3. The molecule has 2 aliphatic rings. The van der Waals surface area contributed by atoms with Gasteiger partial charge in [0, 0.05) is 25.3 Å². The monoisotopic (exact) mass is 287 g/mol. The predicted molar refractivity (Wildman–Crippen MR) is 82.6 cm³/mol. The van der Waals surface area contributed by atoms with Gasteiger partial charge in [-0.15, -0.1) is 0 Å². The Morgan fingerprint density at radius 1 is 1.19 bits per heavy atom. The van der Waals surface area contributed by atoms with Gasteiger partial charge in [0.05, 0.1) is 11.6 Å². The van der Waals surface area contributed by atoms with Crippen LogP contribution in [0.1, 0.15) is 44.2 Å². The number of fused-ring (bicyclic) bond motifs is 1. The first-order valence-electron chi connectivity index (χ1n) is 8.26. The van der Waals surface area contributed by atoms with E-state index in [1.165, 1.54) is 19.3 Å². The Balaban J connectivity index is 1.75. The lowest BCUT2D eigenvalue weighted by Gasteiger charge is -2.33. The van der Waals surface area contributed by atoms with Crippen LogP contribution in [0, 0.1) is 5.92 Å². The van der Waals surface area contributed by atoms with Crippen molar-refractivity contribution in [3.8, 4) is 0 Å². The summed E-state index contributed by atoms with van der Waals surface area (Å²) in [5.74, 6) is 0.442. The first kappa shape index (κ1) is 14.5. The average Bonchev–Trinajstić information content (AvgIpc) is 2.99. The van der Waals surface area contributed by atoms with Crippen LogP contribution in [0.15, 0.2) is 24.4 Å². The summed E-state index contributed by atoms with van der Waals surface area (Å²) in [6, 6.07) is 6.48. The summed E-state index contributed by atoms with van der Waals surface area (Å²) in [6.07, 6.45) is 8.71. The fourth-order valence-corrected chi connectivity index (χ4v) is 3.70. The molecule has 0 spiro atoms. The first-order chi connectivity index (χ1) is 10.3. The number of carbonyl (C=O) groups is 1. The molecular formula is C17H25N3O. The van der Waals surface area contributed by atoms with Crippen molar-refractivity contribution < 1.29 is 4.79 Å². The number of hydrogen-bond acceptors (Lipinski definition) is 3. The van der Waals surface area contributed by atoms with Crippen LogP contribution in [0.3, 0.4) is 0 Å². The Morgan fingerprint density at radius 2 is 2.14 bits per heavy atom. The van der Waals surface area contributed by atoms with E-state index in [2.05, 4.69) is 21.3 Å². The van der Waals surface area contributed by atoms with Crippen molar-refractivity contribution in [3.05, 3.63) is 30.1 Å². The minimum Gasteiger partial charge on any atom is -0.356 e. The highest BCUT2D eigenvalue weighted by Gasteiger charge is 2.36. The molecule has 2 unspecified atom stereocenters. The van der Waals surface area contributed by atoms with Crippen LogP contribution in [0.5, 0.6) is 0 Å². The maximum atomic E-state index is 12.4. The van der Waals surface area contributed by atoms with Gasteiger partial charge in [-0.25, -0.2) is 0 Å². The van der Waals surface area contributed by atoms with E-state index in [-0.39, 0.29) is 11.8 Å². The molecule has 1 aromatic heterocycles. The summed E-state index contributed by atoms with van der Waals surface area (Å²) >= 11 is 0. The van der Waals surface area contributed by atoms with Crippen LogP contribution in [0.25, 0.3) is 0 Å². The van der Waals surface area contributed by atoms with E-state index in [1.54, 1.807) is 0 Å². The van der Waals surface area contributed by atoms with Crippen molar-refractivity contribution in [1.82, 2.24) is 15.2 Å². The topological polar surface area (TPSA) is 45.2 Å². The number of nitrogens with one attached hydrogen (secondary N) is 1. The minimum atomic E-state index is 0.173. The number of carbonyl (C=O) groups excluding carboxylic acids is 1. The van der Waals surface area contributed by atoms with Crippen molar-refractivity contribution in [3.63, 3.8) is 0 Å². The molecule has 114 valence electrons. The van der Waals surface area contributed by atoms with Crippen molar-refractivity contribution >= 4 is 5.91 Å². The zero-order chi connectivity index (χ0) is 14.5. The van der Waals surface area contributed by atoms with E-state index in [9.17, 15) is 4.79 Å². The lowest BCUT2D eigenvalue weighted by atomic mass is 9.99. The highest BCUT2D eigenvalue weighted by Crippen LogP contribution is 2.31. The lowest BCUT2D eigenvalue weighted by Crippen LogP contribution is -2.45. The third-order valence-corrected chi connectivity index (χ3v) is 4.80. The zero-order valence-electron chi connectivity index (χ0n) is 12.6. The molecule has 1 N–H and O–H groups in total. The van der Waals surface area contributed by atoms with Gasteiger partial charge in [-0.05, 0) is 44.4 Å². The Bertz CT molecular complexity index is 462. The molecule has 2 fully saturated rings. The van der Waals surface area contributed by atoms with Crippen molar-refractivity contribution in [2.45, 2.75) is 51.1 Å². The molecule has 0 radical (unpaired) electrons. The number of pyridine rings is 1. The highest BCUT2D eigenvalue weighted by atomic mass is 16.1. The summed E-state index contributed by atoms with van der Waals surface area (Å²) in [7, 11) is 0. The molecule has 2 heterocycles. The van der Waals surface area contributed by atoms with E-state index in [0.717, 1.165) is 44.6 Å². The largest absolute Gasteiger partial charge is 0.356 e. The number of nitrogens with zero attached hydrogens (tertiary/aromatic N) is 2. The van der Waals surface area contributed by atoms with Crippen molar-refractivity contribution in [2.75, 3.05) is 13.1 Å². The standard InChI is InChI=1S/C17H25N3O/c21-17-15-8-6-9-16(15)20(12-5-1-3-11-19-17)13-14-7-2-4-10-18-14/h2,4,7,10,15-16H,1,3,5-6,8-9,11-13H2,(H,19,21). The number of rotatable bonds is 2. The van der Waals surface area contributed by atoms with Crippen molar-refractivity contribution in [2.24, 2.45) is 5.92 Å². The predicted octanol–water partition coefficient (Wildman–Crippen LogP) is 2.35. The first-order valence-corrected chi connectivity index (χ1v) is 8.26. The molecule has 0 bridgehead atoms. The Labute approximate surface area is 126 Å². The molecule has 1 aliphatic carbocycles. The van der Waals surface area contributed by atoms with Crippen LogP contribution in [-0.4, -0.2) is 34.9 Å². The second-order valence-corrected chi connectivity index (χ2v) is 6.25. The third-order valence-electron chi connectivity index (χ3n) is 4.80. The zero-order valence-corrected chi connectivity index (χ0v) is 12.6. The van der Waals surface area contributed by atoms with Gasteiger partial charge in [0.2, 0.25) is 5.91 Å². The molecule has 4 heteroatoms. The molecule has 1 saturated carbocycles. The summed E-state index contributed by atoms with van der Waals surface area (Å²) < 4.78 is 0. The summed E-state index contributed by atoms with van der Waals surface area (Å²) in [5, 5.41) is 3.13. The van der Waals surface area contributed by atoms with Crippen LogP contribution in [0.2, 0.25) is 0 Å². The summed E-state index contributed by atoms with van der Waals surface area (Å²) in [6.45, 7) is 2.81. The fourth-order valence-electron chi connectivity index (χ4n) is 3.70. The molecule has 1 aliphatic heterocycles. The molecule has 21 heavy (non-hydrogen) atoms. The van der Waals surface area contributed by atoms with Crippen LogP contribution in [0.4, 0.5) is 0 Å². The summed E-state index contributed by atoms with van der Waals surface area (Å²) in [5.41, 5.74) is 1.11. The van der Waals surface area contributed by atoms with Gasteiger partial charge in [0.25, 0.3) is 0 Å². The molecule has 1 amide bonds. The van der Waals surface area contributed by atoms with Crippen molar-refractivity contribution in [1.29, 1.82) is 0 Å². The van der Waals surface area contributed by atoms with Gasteiger partial charge in [0.15, 0.2) is 0 Å². The smallest absolute Gasteiger partial charge is 0.224 e. The maximum Gasteiger partial charge on any atom is 0.224 e. The van der Waals surface area contributed by atoms with Gasteiger partial charge in [-0.3, -0.25) is 14.7 Å². The van der Waals surface area contributed by atoms with Crippen LogP contribution < -0.4 is 5.32 Å². The number of hydrogen-bond donors (Lipinski definition) is 1. The second kappa shape index (κ2) is 7.03. The average molecular weight is 287 g/mol. The molecule has 2 atom stereocenters. The van der Waals surface area contributed by atoms with Gasteiger partial charge in [-0.2, -0.15) is 0 Å². The Kier molecular flexibility index (Phi) is 4.86. The van der Waals surface area contributed by atoms with Gasteiger partial charge in [0.1, 0.15) is 0 Å². The Morgan fingerprint density at radius 3 is 3.00 bits per heavy atom.